The van der Waals surface area contributed by atoms with Crippen LogP contribution in [0.5, 0.6) is 0 Å². The fourth-order valence-corrected chi connectivity index (χ4v) is 2.11. The van der Waals surface area contributed by atoms with E-state index in [0.717, 1.165) is 26.1 Å². The Balaban J connectivity index is 1.86. The lowest BCUT2D eigenvalue weighted by Crippen LogP contribution is -2.33. The second kappa shape index (κ2) is 5.23. The van der Waals surface area contributed by atoms with Crippen LogP contribution in [0, 0.1) is 5.92 Å². The molecule has 94 valence electrons. The van der Waals surface area contributed by atoms with Gasteiger partial charge in [0.1, 0.15) is 5.69 Å². The number of nitrogen functional groups attached to an aromatic ring is 1. The van der Waals surface area contributed by atoms with Gasteiger partial charge in [0.05, 0.1) is 12.3 Å². The average Bonchev–Trinajstić information content (AvgIpc) is 2.67. The molecule has 1 aliphatic rings. The van der Waals surface area contributed by atoms with Gasteiger partial charge in [0.2, 0.25) is 0 Å². The highest BCUT2D eigenvalue weighted by molar-refractivity contribution is 5.93. The van der Waals surface area contributed by atoms with E-state index in [-0.39, 0.29) is 5.91 Å². The lowest BCUT2D eigenvalue weighted by Gasteiger charge is -2.22. The van der Waals surface area contributed by atoms with Crippen molar-refractivity contribution in [1.82, 2.24) is 9.88 Å². The lowest BCUT2D eigenvalue weighted by molar-refractivity contribution is 0.0535. The summed E-state index contributed by atoms with van der Waals surface area (Å²) < 4.78 is 7.11. The van der Waals surface area contributed by atoms with Gasteiger partial charge in [0, 0.05) is 26.4 Å². The first-order valence-electron chi connectivity index (χ1n) is 5.94. The third-order valence-corrected chi connectivity index (χ3v) is 3.06. The van der Waals surface area contributed by atoms with Gasteiger partial charge in [-0.15, -0.1) is 0 Å². The van der Waals surface area contributed by atoms with Crippen molar-refractivity contribution in [3.05, 3.63) is 18.0 Å². The summed E-state index contributed by atoms with van der Waals surface area (Å²) in [5, 5.41) is 2.93. The van der Waals surface area contributed by atoms with E-state index in [0.29, 0.717) is 23.8 Å². The maximum atomic E-state index is 11.9. The molecule has 0 saturated carbocycles. The van der Waals surface area contributed by atoms with Crippen LogP contribution < -0.4 is 11.1 Å². The highest BCUT2D eigenvalue weighted by Gasteiger charge is 2.16. The molecule has 0 bridgehead atoms. The Bertz CT molecular complexity index is 394. The molecule has 3 N–H and O–H groups in total. The minimum atomic E-state index is -0.0743. The largest absolute Gasteiger partial charge is 0.397 e. The standard InChI is InChI=1S/C12H19N3O2/c1-15-7-10(13)5-11(15)12(16)14-6-9-3-2-4-17-8-9/h5,7,9H,2-4,6,8,13H2,1H3,(H,14,16). The van der Waals surface area contributed by atoms with Gasteiger partial charge in [-0.25, -0.2) is 0 Å². The quantitative estimate of drug-likeness (QED) is 0.815. The zero-order valence-corrected chi connectivity index (χ0v) is 10.1. The Morgan fingerprint density at radius 3 is 3.12 bits per heavy atom. The van der Waals surface area contributed by atoms with E-state index in [9.17, 15) is 4.79 Å². The molecule has 1 aromatic heterocycles. The number of hydrogen-bond donors (Lipinski definition) is 2. The molecule has 1 saturated heterocycles. The number of amides is 1. The molecule has 1 amide bonds. The van der Waals surface area contributed by atoms with E-state index in [1.807, 2.05) is 7.05 Å². The Labute approximate surface area is 101 Å². The minimum absolute atomic E-state index is 0.0743. The molecular formula is C12H19N3O2. The van der Waals surface area contributed by atoms with Crippen molar-refractivity contribution in [2.45, 2.75) is 12.8 Å². The van der Waals surface area contributed by atoms with Crippen molar-refractivity contribution in [3.8, 4) is 0 Å². The number of aromatic nitrogens is 1. The predicted molar refractivity (Wildman–Crippen MR) is 65.7 cm³/mol. The van der Waals surface area contributed by atoms with Gasteiger partial charge < -0.3 is 20.4 Å². The summed E-state index contributed by atoms with van der Waals surface area (Å²) in [6, 6.07) is 1.69. The number of rotatable bonds is 3. The second-order valence-electron chi connectivity index (χ2n) is 4.56. The van der Waals surface area contributed by atoms with Gasteiger partial charge in [0.25, 0.3) is 5.91 Å². The molecule has 5 heteroatoms. The zero-order valence-electron chi connectivity index (χ0n) is 10.1. The van der Waals surface area contributed by atoms with Crippen molar-refractivity contribution in [2.24, 2.45) is 13.0 Å². The molecule has 1 atom stereocenters. The van der Waals surface area contributed by atoms with Crippen LogP contribution in [0.4, 0.5) is 5.69 Å². The predicted octanol–water partition coefficient (Wildman–Crippen LogP) is 0.764. The Kier molecular flexibility index (Phi) is 3.68. The second-order valence-corrected chi connectivity index (χ2v) is 4.56. The maximum Gasteiger partial charge on any atom is 0.267 e. The van der Waals surface area contributed by atoms with E-state index < -0.39 is 0 Å². The van der Waals surface area contributed by atoms with Crippen LogP contribution in [0.3, 0.4) is 0 Å². The maximum absolute atomic E-state index is 11.9. The Morgan fingerprint density at radius 1 is 1.71 bits per heavy atom. The van der Waals surface area contributed by atoms with E-state index in [1.54, 1.807) is 16.8 Å². The van der Waals surface area contributed by atoms with Crippen LogP contribution in [0.15, 0.2) is 12.3 Å². The van der Waals surface area contributed by atoms with Crippen LogP contribution in [-0.2, 0) is 11.8 Å². The number of hydrogen-bond acceptors (Lipinski definition) is 3. The molecule has 0 spiro atoms. The number of carbonyl (C=O) groups excluding carboxylic acids is 1. The highest BCUT2D eigenvalue weighted by Crippen LogP contribution is 2.13. The molecule has 0 aromatic carbocycles. The van der Waals surface area contributed by atoms with Crippen molar-refractivity contribution in [2.75, 3.05) is 25.5 Å². The molecule has 17 heavy (non-hydrogen) atoms. The summed E-state index contributed by atoms with van der Waals surface area (Å²) in [4.78, 5) is 11.9. The van der Waals surface area contributed by atoms with E-state index in [2.05, 4.69) is 5.32 Å². The fraction of sp³-hybridized carbons (Fsp3) is 0.583. The minimum Gasteiger partial charge on any atom is -0.397 e. The average molecular weight is 237 g/mol. The van der Waals surface area contributed by atoms with Gasteiger partial charge in [0.15, 0.2) is 0 Å². The Morgan fingerprint density at radius 2 is 2.53 bits per heavy atom. The van der Waals surface area contributed by atoms with Crippen molar-refractivity contribution < 1.29 is 9.53 Å². The normalized spacial score (nSPS) is 20.2. The summed E-state index contributed by atoms with van der Waals surface area (Å²) >= 11 is 0. The van der Waals surface area contributed by atoms with Crippen LogP contribution >= 0.6 is 0 Å². The van der Waals surface area contributed by atoms with E-state index in [4.69, 9.17) is 10.5 Å². The van der Waals surface area contributed by atoms with Crippen molar-refractivity contribution >= 4 is 11.6 Å². The zero-order chi connectivity index (χ0) is 12.3. The molecule has 1 aromatic rings. The van der Waals surface area contributed by atoms with Crippen LogP contribution in [0.25, 0.3) is 0 Å². The third-order valence-electron chi connectivity index (χ3n) is 3.06. The molecule has 1 unspecified atom stereocenters. The number of anilines is 1. The van der Waals surface area contributed by atoms with Gasteiger partial charge in [-0.1, -0.05) is 0 Å². The fourth-order valence-electron chi connectivity index (χ4n) is 2.11. The van der Waals surface area contributed by atoms with E-state index in [1.165, 1.54) is 0 Å². The number of ether oxygens (including phenoxy) is 1. The number of nitrogens with two attached hydrogens (primary N) is 1. The van der Waals surface area contributed by atoms with E-state index >= 15 is 0 Å². The van der Waals surface area contributed by atoms with Crippen LogP contribution in [-0.4, -0.2) is 30.2 Å². The number of nitrogens with one attached hydrogen (secondary N) is 1. The first kappa shape index (κ1) is 12.0. The van der Waals surface area contributed by atoms with Gasteiger partial charge >= 0.3 is 0 Å². The first-order chi connectivity index (χ1) is 8.16. The van der Waals surface area contributed by atoms with Crippen LogP contribution in [0.1, 0.15) is 23.3 Å². The topological polar surface area (TPSA) is 69.3 Å². The summed E-state index contributed by atoms with van der Waals surface area (Å²) in [7, 11) is 1.81. The van der Waals surface area contributed by atoms with Gasteiger partial charge in [-0.05, 0) is 24.8 Å². The smallest absolute Gasteiger partial charge is 0.267 e. The highest BCUT2D eigenvalue weighted by atomic mass is 16.5. The molecule has 2 rings (SSSR count). The summed E-state index contributed by atoms with van der Waals surface area (Å²) in [6.07, 6.45) is 3.94. The lowest BCUT2D eigenvalue weighted by atomic mass is 10.0. The molecule has 0 aliphatic carbocycles. The number of nitrogens with zero attached hydrogens (tertiary/aromatic N) is 1. The SMILES string of the molecule is Cn1cc(N)cc1C(=O)NCC1CCCOC1. The third kappa shape index (κ3) is 3.00. The van der Waals surface area contributed by atoms with Crippen LogP contribution in [0.2, 0.25) is 0 Å². The molecule has 0 radical (unpaired) electrons. The number of aryl methyl sites for hydroxylation is 1. The first-order valence-corrected chi connectivity index (χ1v) is 5.94. The summed E-state index contributed by atoms with van der Waals surface area (Å²) in [5.74, 6) is 0.361. The summed E-state index contributed by atoms with van der Waals surface area (Å²) in [5.41, 5.74) is 6.84. The van der Waals surface area contributed by atoms with Crippen molar-refractivity contribution in [3.63, 3.8) is 0 Å². The van der Waals surface area contributed by atoms with Crippen molar-refractivity contribution in [1.29, 1.82) is 0 Å². The molecule has 5 nitrogen and oxygen atoms in total. The molecule has 1 fully saturated rings. The van der Waals surface area contributed by atoms with Gasteiger partial charge in [-0.2, -0.15) is 0 Å². The molecule has 2 heterocycles. The monoisotopic (exact) mass is 237 g/mol. The Hall–Kier alpha value is -1.49. The molecule has 1 aliphatic heterocycles. The molecular weight excluding hydrogens is 218 g/mol. The summed E-state index contributed by atoms with van der Waals surface area (Å²) in [6.45, 7) is 2.26. The number of carbonyl (C=O) groups is 1. The van der Waals surface area contributed by atoms with Gasteiger partial charge in [-0.3, -0.25) is 4.79 Å².